The predicted octanol–water partition coefficient (Wildman–Crippen LogP) is 3.23. The minimum absolute atomic E-state index is 0.0459. The van der Waals surface area contributed by atoms with Crippen LogP contribution in [0.2, 0.25) is 5.02 Å². The molecule has 0 radical (unpaired) electrons. The molecule has 1 heterocycles. The fourth-order valence-electron chi connectivity index (χ4n) is 3.14. The van der Waals surface area contributed by atoms with Crippen LogP contribution in [0.5, 0.6) is 0 Å². The minimum atomic E-state index is -4.70. The maximum atomic E-state index is 13.0. The van der Waals surface area contributed by atoms with E-state index in [-0.39, 0.29) is 22.9 Å². The van der Waals surface area contributed by atoms with Crippen molar-refractivity contribution >= 4 is 33.0 Å². The Morgan fingerprint density at radius 2 is 1.61 bits per heavy atom. The Labute approximate surface area is 167 Å². The van der Waals surface area contributed by atoms with Crippen LogP contribution in [0.4, 0.5) is 14.5 Å². The standard InChI is InChI=1S/C19H19ClF2N2O3S/c20-15-7-5-14(6-8-15)13-18(25)24-11-9-23(10-12-24)16-3-1-2-4-17(16)28(26,27)19(21)22/h1-8,19H,9-13H2. The van der Waals surface area contributed by atoms with Gasteiger partial charge in [-0.25, -0.2) is 8.42 Å². The zero-order valence-electron chi connectivity index (χ0n) is 14.9. The van der Waals surface area contributed by atoms with Gasteiger partial charge in [-0.1, -0.05) is 35.9 Å². The number of piperazine rings is 1. The number of hydrogen-bond donors (Lipinski definition) is 0. The van der Waals surface area contributed by atoms with Crippen LogP contribution < -0.4 is 4.90 Å². The fourth-order valence-corrected chi connectivity index (χ4v) is 4.22. The Kier molecular flexibility index (Phi) is 6.20. The molecule has 3 rings (SSSR count). The second-order valence-electron chi connectivity index (χ2n) is 6.44. The lowest BCUT2D eigenvalue weighted by molar-refractivity contribution is -0.130. The summed E-state index contributed by atoms with van der Waals surface area (Å²) in [6, 6.07) is 12.8. The molecule has 1 saturated heterocycles. The van der Waals surface area contributed by atoms with Crippen LogP contribution in [0, 0.1) is 0 Å². The van der Waals surface area contributed by atoms with Crippen molar-refractivity contribution in [1.29, 1.82) is 0 Å². The van der Waals surface area contributed by atoms with Crippen LogP contribution in [0.15, 0.2) is 53.4 Å². The summed E-state index contributed by atoms with van der Waals surface area (Å²) >= 11 is 5.84. The second-order valence-corrected chi connectivity index (χ2v) is 8.77. The highest BCUT2D eigenvalue weighted by atomic mass is 35.5. The van der Waals surface area contributed by atoms with Gasteiger partial charge in [0.15, 0.2) is 0 Å². The Morgan fingerprint density at radius 3 is 2.21 bits per heavy atom. The number of hydrogen-bond acceptors (Lipinski definition) is 4. The Balaban J connectivity index is 1.68. The van der Waals surface area contributed by atoms with Gasteiger partial charge in [-0.15, -0.1) is 0 Å². The van der Waals surface area contributed by atoms with E-state index < -0.39 is 15.6 Å². The summed E-state index contributed by atoms with van der Waals surface area (Å²) in [6.45, 7) is 1.50. The maximum Gasteiger partial charge on any atom is 0.341 e. The number of rotatable bonds is 5. The number of halogens is 3. The monoisotopic (exact) mass is 428 g/mol. The molecule has 5 nitrogen and oxygen atoms in total. The molecular weight excluding hydrogens is 410 g/mol. The zero-order valence-corrected chi connectivity index (χ0v) is 16.5. The highest BCUT2D eigenvalue weighted by molar-refractivity contribution is 7.91. The number of nitrogens with zero attached hydrogens (tertiary/aromatic N) is 2. The molecule has 1 aliphatic rings. The third kappa shape index (κ3) is 4.44. The first kappa shape index (κ1) is 20.5. The van der Waals surface area contributed by atoms with Crippen molar-refractivity contribution in [2.24, 2.45) is 0 Å². The molecule has 28 heavy (non-hydrogen) atoms. The Hall–Kier alpha value is -2.19. The van der Waals surface area contributed by atoms with Gasteiger partial charge >= 0.3 is 5.76 Å². The summed E-state index contributed by atoms with van der Waals surface area (Å²) in [7, 11) is -4.70. The highest BCUT2D eigenvalue weighted by Crippen LogP contribution is 2.29. The summed E-state index contributed by atoms with van der Waals surface area (Å²) in [4.78, 5) is 15.5. The molecule has 0 aromatic heterocycles. The molecule has 1 fully saturated rings. The number of carbonyl (C=O) groups is 1. The molecule has 1 amide bonds. The van der Waals surface area contributed by atoms with Crippen LogP contribution in [0.3, 0.4) is 0 Å². The number of amides is 1. The van der Waals surface area contributed by atoms with Crippen LogP contribution in [0.1, 0.15) is 5.56 Å². The summed E-state index contributed by atoms with van der Waals surface area (Å²) < 4.78 is 49.8. The summed E-state index contributed by atoms with van der Waals surface area (Å²) in [6.07, 6.45) is 0.244. The van der Waals surface area contributed by atoms with Crippen LogP contribution >= 0.6 is 11.6 Å². The first-order chi connectivity index (χ1) is 13.3. The van der Waals surface area contributed by atoms with Gasteiger partial charge in [0, 0.05) is 31.2 Å². The molecule has 2 aromatic carbocycles. The maximum absolute atomic E-state index is 13.0. The molecule has 1 aliphatic heterocycles. The molecule has 0 saturated carbocycles. The van der Waals surface area contributed by atoms with Gasteiger partial charge in [-0.3, -0.25) is 4.79 Å². The first-order valence-corrected chi connectivity index (χ1v) is 10.6. The number of anilines is 1. The van der Waals surface area contributed by atoms with E-state index in [2.05, 4.69) is 0 Å². The minimum Gasteiger partial charge on any atom is -0.367 e. The molecule has 0 bridgehead atoms. The van der Waals surface area contributed by atoms with Gasteiger partial charge in [0.1, 0.15) is 0 Å². The van der Waals surface area contributed by atoms with Crippen molar-refractivity contribution in [3.05, 3.63) is 59.1 Å². The normalized spacial score (nSPS) is 15.1. The lowest BCUT2D eigenvalue weighted by Gasteiger charge is -2.37. The van der Waals surface area contributed by atoms with Gasteiger partial charge in [-0.2, -0.15) is 8.78 Å². The number of benzene rings is 2. The SMILES string of the molecule is O=C(Cc1ccc(Cl)cc1)N1CCN(c2ccccc2S(=O)(=O)C(F)F)CC1. The van der Waals surface area contributed by atoms with Gasteiger partial charge in [0.25, 0.3) is 0 Å². The summed E-state index contributed by atoms with van der Waals surface area (Å²) in [5.74, 6) is -3.52. The Morgan fingerprint density at radius 1 is 1.00 bits per heavy atom. The molecule has 0 atom stereocenters. The summed E-state index contributed by atoms with van der Waals surface area (Å²) in [5.41, 5.74) is 1.10. The number of para-hydroxylation sites is 1. The van der Waals surface area contributed by atoms with Crippen molar-refractivity contribution in [2.45, 2.75) is 17.1 Å². The van der Waals surface area contributed by atoms with Crippen molar-refractivity contribution in [3.8, 4) is 0 Å². The molecule has 0 N–H and O–H groups in total. The largest absolute Gasteiger partial charge is 0.367 e. The number of carbonyl (C=O) groups excluding carboxylic acids is 1. The highest BCUT2D eigenvalue weighted by Gasteiger charge is 2.31. The molecule has 9 heteroatoms. The molecule has 150 valence electrons. The van der Waals surface area contributed by atoms with Crippen LogP contribution in [0.25, 0.3) is 0 Å². The third-order valence-electron chi connectivity index (χ3n) is 4.65. The van der Waals surface area contributed by atoms with Crippen LogP contribution in [-0.2, 0) is 21.1 Å². The average Bonchev–Trinajstić information content (AvgIpc) is 2.69. The van der Waals surface area contributed by atoms with Crippen molar-refractivity contribution in [2.75, 3.05) is 31.1 Å². The number of sulfone groups is 1. The smallest absolute Gasteiger partial charge is 0.341 e. The molecule has 0 aliphatic carbocycles. The van der Waals surface area contributed by atoms with E-state index in [9.17, 15) is 22.0 Å². The van der Waals surface area contributed by atoms with E-state index in [0.717, 1.165) is 5.56 Å². The quantitative estimate of drug-likeness (QED) is 0.733. The fraction of sp³-hybridized carbons (Fsp3) is 0.316. The van der Waals surface area contributed by atoms with Crippen molar-refractivity contribution in [1.82, 2.24) is 4.90 Å². The van der Waals surface area contributed by atoms with Crippen molar-refractivity contribution < 1.29 is 22.0 Å². The second kappa shape index (κ2) is 8.45. The van der Waals surface area contributed by atoms with E-state index in [1.165, 1.54) is 18.2 Å². The molecular formula is C19H19ClF2N2O3S. The van der Waals surface area contributed by atoms with Gasteiger partial charge in [0.05, 0.1) is 17.0 Å². The average molecular weight is 429 g/mol. The van der Waals surface area contributed by atoms with Gasteiger partial charge in [-0.05, 0) is 29.8 Å². The third-order valence-corrected chi connectivity index (χ3v) is 6.33. The van der Waals surface area contributed by atoms with Crippen molar-refractivity contribution in [3.63, 3.8) is 0 Å². The molecule has 2 aromatic rings. The predicted molar refractivity (Wildman–Crippen MR) is 104 cm³/mol. The topological polar surface area (TPSA) is 57.7 Å². The first-order valence-electron chi connectivity index (χ1n) is 8.67. The van der Waals surface area contributed by atoms with Gasteiger partial charge in [0.2, 0.25) is 15.7 Å². The number of alkyl halides is 2. The van der Waals surface area contributed by atoms with E-state index >= 15 is 0 Å². The van der Waals surface area contributed by atoms with E-state index in [1.807, 2.05) is 0 Å². The molecule has 0 spiro atoms. The zero-order chi connectivity index (χ0) is 20.3. The van der Waals surface area contributed by atoms with Gasteiger partial charge < -0.3 is 9.80 Å². The van der Waals surface area contributed by atoms with E-state index in [1.54, 1.807) is 40.1 Å². The van der Waals surface area contributed by atoms with E-state index in [0.29, 0.717) is 31.2 Å². The lowest BCUT2D eigenvalue weighted by Crippen LogP contribution is -2.49. The lowest BCUT2D eigenvalue weighted by atomic mass is 10.1. The summed E-state index contributed by atoms with van der Waals surface area (Å²) in [5, 5.41) is 0.599. The molecule has 0 unspecified atom stereocenters. The van der Waals surface area contributed by atoms with E-state index in [4.69, 9.17) is 11.6 Å². The van der Waals surface area contributed by atoms with Crippen LogP contribution in [-0.4, -0.2) is 51.2 Å². The Bertz CT molecular complexity index is 944.